The topological polar surface area (TPSA) is 36.4 Å². The molecule has 1 aliphatic rings. The number of carbonyl (C=O) groups is 1. The molecule has 1 amide bonds. The summed E-state index contributed by atoms with van der Waals surface area (Å²) in [5.74, 6) is 0.193. The maximum absolute atomic E-state index is 12.8. The van der Waals surface area contributed by atoms with Crippen LogP contribution in [-0.2, 0) is 6.42 Å². The Hall–Kier alpha value is -1.88. The second kappa shape index (κ2) is 6.93. The highest BCUT2D eigenvalue weighted by Crippen LogP contribution is 2.25. The molecule has 0 atom stereocenters. The van der Waals surface area contributed by atoms with Crippen molar-refractivity contribution in [2.75, 3.05) is 31.1 Å². The third kappa shape index (κ3) is 3.31. The lowest BCUT2D eigenvalue weighted by Crippen LogP contribution is -2.49. The smallest absolute Gasteiger partial charge is 0.255 e. The summed E-state index contributed by atoms with van der Waals surface area (Å²) < 4.78 is 0. The molecule has 2 aromatic rings. The fraction of sp³-hybridized carbons (Fsp3) is 0.474. The molecule has 0 aliphatic carbocycles. The number of thiophene rings is 1. The second-order valence-electron chi connectivity index (χ2n) is 6.43. The Labute approximate surface area is 148 Å². The van der Waals surface area contributed by atoms with Crippen molar-refractivity contribution in [1.29, 1.82) is 0 Å². The zero-order valence-electron chi connectivity index (χ0n) is 14.9. The van der Waals surface area contributed by atoms with Gasteiger partial charge < -0.3 is 9.80 Å². The first-order chi connectivity index (χ1) is 11.5. The Kier molecular flexibility index (Phi) is 4.90. The van der Waals surface area contributed by atoms with E-state index in [1.807, 2.05) is 24.1 Å². The molecule has 3 rings (SSSR count). The van der Waals surface area contributed by atoms with Crippen molar-refractivity contribution in [1.82, 2.24) is 9.88 Å². The minimum absolute atomic E-state index is 0.193. The van der Waals surface area contributed by atoms with Gasteiger partial charge in [-0.15, -0.1) is 11.3 Å². The monoisotopic (exact) mass is 343 g/mol. The summed E-state index contributed by atoms with van der Waals surface area (Å²) >= 11 is 1.68. The lowest BCUT2D eigenvalue weighted by molar-refractivity contribution is 0.0746. The Morgan fingerprint density at radius 2 is 1.75 bits per heavy atom. The molecule has 5 heteroatoms. The summed E-state index contributed by atoms with van der Waals surface area (Å²) in [7, 11) is 0. The van der Waals surface area contributed by atoms with Gasteiger partial charge in [0.05, 0.1) is 5.56 Å². The molecule has 4 nitrogen and oxygen atoms in total. The first-order valence-corrected chi connectivity index (χ1v) is 9.44. The molecule has 1 fully saturated rings. The van der Waals surface area contributed by atoms with E-state index in [9.17, 15) is 4.79 Å². The van der Waals surface area contributed by atoms with Crippen LogP contribution in [0.15, 0.2) is 17.5 Å². The number of aryl methyl sites for hydroxylation is 3. The fourth-order valence-electron chi connectivity index (χ4n) is 3.43. The number of hydrogen-bond acceptors (Lipinski definition) is 4. The van der Waals surface area contributed by atoms with E-state index in [0.29, 0.717) is 0 Å². The highest BCUT2D eigenvalue weighted by molar-refractivity contribution is 7.10. The van der Waals surface area contributed by atoms with Crippen LogP contribution in [-0.4, -0.2) is 42.0 Å². The van der Waals surface area contributed by atoms with Crippen LogP contribution in [0.4, 0.5) is 5.69 Å². The number of hydrogen-bond donors (Lipinski definition) is 0. The van der Waals surface area contributed by atoms with E-state index in [1.54, 1.807) is 11.3 Å². The number of carbonyl (C=O) groups excluding carboxylic acids is 1. The Morgan fingerprint density at radius 1 is 1.12 bits per heavy atom. The van der Waals surface area contributed by atoms with Crippen LogP contribution in [0.1, 0.15) is 39.1 Å². The molecule has 3 heterocycles. The first-order valence-electron chi connectivity index (χ1n) is 8.56. The third-order valence-electron chi connectivity index (χ3n) is 4.69. The average Bonchev–Trinajstić information content (AvgIpc) is 2.94. The van der Waals surface area contributed by atoms with Crippen molar-refractivity contribution in [3.8, 4) is 0 Å². The minimum Gasteiger partial charge on any atom is -0.368 e. The van der Waals surface area contributed by atoms with Gasteiger partial charge in [0.15, 0.2) is 0 Å². The summed E-state index contributed by atoms with van der Waals surface area (Å²) in [6.45, 7) is 11.6. The summed E-state index contributed by atoms with van der Waals surface area (Å²) in [5, 5.41) is 2.03. The third-order valence-corrected chi connectivity index (χ3v) is 5.64. The molecule has 0 bridgehead atoms. The van der Waals surface area contributed by atoms with Crippen LogP contribution in [0, 0.1) is 20.8 Å². The van der Waals surface area contributed by atoms with Crippen LogP contribution in [0.5, 0.6) is 0 Å². The molecule has 128 valence electrons. The summed E-state index contributed by atoms with van der Waals surface area (Å²) in [5.41, 5.74) is 5.43. The van der Waals surface area contributed by atoms with Gasteiger partial charge in [-0.1, -0.05) is 6.92 Å². The number of amides is 1. The molecule has 0 saturated carbocycles. The van der Waals surface area contributed by atoms with Crippen molar-refractivity contribution in [3.05, 3.63) is 44.9 Å². The molecule has 1 aliphatic heterocycles. The molecule has 0 N–H and O–H groups in total. The van der Waals surface area contributed by atoms with Crippen molar-refractivity contribution < 1.29 is 4.79 Å². The average molecular weight is 343 g/mol. The number of pyridine rings is 1. The molecule has 0 aromatic carbocycles. The van der Waals surface area contributed by atoms with Crippen LogP contribution >= 0.6 is 11.3 Å². The summed E-state index contributed by atoms with van der Waals surface area (Å²) in [6, 6.07) is 4.25. The van der Waals surface area contributed by atoms with E-state index >= 15 is 0 Å². The number of anilines is 1. The molecule has 0 radical (unpaired) electrons. The van der Waals surface area contributed by atoms with Crippen molar-refractivity contribution in [3.63, 3.8) is 0 Å². The van der Waals surface area contributed by atoms with Crippen LogP contribution < -0.4 is 4.90 Å². The maximum Gasteiger partial charge on any atom is 0.255 e. The lowest BCUT2D eigenvalue weighted by Gasteiger charge is -2.36. The second-order valence-corrected chi connectivity index (χ2v) is 7.51. The Balaban J connectivity index is 1.69. The van der Waals surface area contributed by atoms with Gasteiger partial charge in [-0.05, 0) is 44.9 Å². The van der Waals surface area contributed by atoms with Gasteiger partial charge in [0.1, 0.15) is 0 Å². The van der Waals surface area contributed by atoms with E-state index in [-0.39, 0.29) is 5.91 Å². The van der Waals surface area contributed by atoms with Gasteiger partial charge in [-0.25, -0.2) is 0 Å². The Bertz CT molecular complexity index is 725. The van der Waals surface area contributed by atoms with Crippen LogP contribution in [0.3, 0.4) is 0 Å². The van der Waals surface area contributed by atoms with E-state index in [0.717, 1.165) is 49.6 Å². The SMILES string of the molecule is CCc1c(C(=O)N2CCN(c3cc(C)nc(C)c3)CC2)csc1C. The van der Waals surface area contributed by atoms with Crippen molar-refractivity contribution in [2.45, 2.75) is 34.1 Å². The zero-order valence-corrected chi connectivity index (χ0v) is 15.7. The van der Waals surface area contributed by atoms with Gasteiger partial charge >= 0.3 is 0 Å². The summed E-state index contributed by atoms with van der Waals surface area (Å²) in [4.78, 5) is 22.9. The standard InChI is InChI=1S/C19H25N3OS/c1-5-17-15(4)24-12-18(17)19(23)22-8-6-21(7-9-22)16-10-13(2)20-14(3)11-16/h10-12H,5-9H2,1-4H3. The molecular formula is C19H25N3OS. The van der Waals surface area contributed by atoms with Gasteiger partial charge in [0.2, 0.25) is 0 Å². The number of nitrogens with zero attached hydrogens (tertiary/aromatic N) is 3. The summed E-state index contributed by atoms with van der Waals surface area (Å²) in [6.07, 6.45) is 0.923. The van der Waals surface area contributed by atoms with Gasteiger partial charge in [-0.3, -0.25) is 9.78 Å². The molecule has 1 saturated heterocycles. The number of aromatic nitrogens is 1. The Morgan fingerprint density at radius 3 is 2.33 bits per heavy atom. The minimum atomic E-state index is 0.193. The van der Waals surface area contributed by atoms with Gasteiger partial charge in [-0.2, -0.15) is 0 Å². The predicted molar refractivity (Wildman–Crippen MR) is 100 cm³/mol. The maximum atomic E-state index is 12.8. The molecule has 0 unspecified atom stereocenters. The van der Waals surface area contributed by atoms with Gasteiger partial charge in [0, 0.05) is 53.5 Å². The lowest BCUT2D eigenvalue weighted by atomic mass is 10.1. The zero-order chi connectivity index (χ0) is 17.3. The quantitative estimate of drug-likeness (QED) is 0.854. The van der Waals surface area contributed by atoms with Crippen LogP contribution in [0.2, 0.25) is 0 Å². The number of piperazine rings is 1. The van der Waals surface area contributed by atoms with E-state index in [2.05, 4.69) is 35.9 Å². The normalized spacial score (nSPS) is 15.0. The first kappa shape index (κ1) is 17.0. The molecular weight excluding hydrogens is 318 g/mol. The predicted octanol–water partition coefficient (Wildman–Crippen LogP) is 3.59. The van der Waals surface area contributed by atoms with Crippen LogP contribution in [0.25, 0.3) is 0 Å². The van der Waals surface area contributed by atoms with E-state index in [4.69, 9.17) is 0 Å². The highest BCUT2D eigenvalue weighted by atomic mass is 32.1. The number of rotatable bonds is 3. The van der Waals surface area contributed by atoms with Crippen molar-refractivity contribution >= 4 is 22.9 Å². The molecule has 0 spiro atoms. The fourth-order valence-corrected chi connectivity index (χ4v) is 4.37. The van der Waals surface area contributed by atoms with E-state index in [1.165, 1.54) is 16.1 Å². The van der Waals surface area contributed by atoms with E-state index < -0.39 is 0 Å². The van der Waals surface area contributed by atoms with Crippen molar-refractivity contribution in [2.24, 2.45) is 0 Å². The largest absolute Gasteiger partial charge is 0.368 e. The highest BCUT2D eigenvalue weighted by Gasteiger charge is 2.25. The van der Waals surface area contributed by atoms with Gasteiger partial charge in [0.25, 0.3) is 5.91 Å². The molecule has 2 aromatic heterocycles. The molecule has 24 heavy (non-hydrogen) atoms.